The Balaban J connectivity index is 0.000000450. The summed E-state index contributed by atoms with van der Waals surface area (Å²) in [5.74, 6) is 1.18. The standard InChI is InChI=1S/C8H7N3O.C2H7N.CH5N/c1-6-10-8(12-11-6)7-2-4-9-5-3-7;1-3-2;1-2/h2-5H,1H3;3H,1-2H3;2H2,1H3. The van der Waals surface area contributed by atoms with Crippen molar-refractivity contribution in [2.45, 2.75) is 6.92 Å². The molecule has 0 fully saturated rings. The van der Waals surface area contributed by atoms with Gasteiger partial charge < -0.3 is 15.6 Å². The molecule has 0 aromatic carbocycles. The Labute approximate surface area is 101 Å². The number of pyridine rings is 1. The molecule has 0 aliphatic carbocycles. The SMILES string of the molecule is CN.CNC.Cc1noc(-c2ccncc2)n1. The van der Waals surface area contributed by atoms with Crippen molar-refractivity contribution in [3.05, 3.63) is 30.4 Å². The van der Waals surface area contributed by atoms with Gasteiger partial charge in [0.05, 0.1) is 0 Å². The van der Waals surface area contributed by atoms with Crippen LogP contribution in [0.15, 0.2) is 29.0 Å². The fraction of sp³-hybridized carbons (Fsp3) is 0.364. The number of nitrogens with one attached hydrogen (secondary N) is 1. The third-order valence-corrected chi connectivity index (χ3v) is 1.45. The van der Waals surface area contributed by atoms with E-state index in [1.807, 2.05) is 26.2 Å². The van der Waals surface area contributed by atoms with Gasteiger partial charge in [0, 0.05) is 18.0 Å². The van der Waals surface area contributed by atoms with E-state index in [1.165, 1.54) is 7.05 Å². The van der Waals surface area contributed by atoms with Crippen LogP contribution in [0.4, 0.5) is 0 Å². The lowest BCUT2D eigenvalue weighted by Gasteiger charge is -1.89. The van der Waals surface area contributed by atoms with Crippen molar-refractivity contribution in [1.82, 2.24) is 20.4 Å². The highest BCUT2D eigenvalue weighted by atomic mass is 16.5. The third kappa shape index (κ3) is 5.74. The number of nitrogens with two attached hydrogens (primary N) is 1. The minimum atomic E-state index is 0.537. The molecule has 0 aliphatic rings. The molecule has 94 valence electrons. The van der Waals surface area contributed by atoms with E-state index in [4.69, 9.17) is 4.52 Å². The molecule has 0 bridgehead atoms. The Hall–Kier alpha value is -1.79. The normalized spacial score (nSPS) is 8.53. The van der Waals surface area contributed by atoms with Gasteiger partial charge in [-0.25, -0.2) is 0 Å². The van der Waals surface area contributed by atoms with Crippen LogP contribution in [0.25, 0.3) is 11.5 Å². The number of aromatic nitrogens is 3. The summed E-state index contributed by atoms with van der Waals surface area (Å²) in [6.45, 7) is 1.79. The van der Waals surface area contributed by atoms with E-state index in [1.54, 1.807) is 19.3 Å². The second-order valence-electron chi connectivity index (χ2n) is 2.88. The summed E-state index contributed by atoms with van der Waals surface area (Å²) < 4.78 is 4.96. The lowest BCUT2D eigenvalue weighted by Crippen LogP contribution is -1.89. The van der Waals surface area contributed by atoms with Crippen molar-refractivity contribution in [2.24, 2.45) is 5.73 Å². The molecule has 0 radical (unpaired) electrons. The van der Waals surface area contributed by atoms with Gasteiger partial charge >= 0.3 is 0 Å². The first-order chi connectivity index (χ1) is 8.27. The first kappa shape index (κ1) is 15.2. The summed E-state index contributed by atoms with van der Waals surface area (Å²) in [7, 11) is 5.25. The van der Waals surface area contributed by atoms with Gasteiger partial charge in [-0.15, -0.1) is 0 Å². The summed E-state index contributed by atoms with van der Waals surface area (Å²) in [6, 6.07) is 3.65. The van der Waals surface area contributed by atoms with Crippen LogP contribution in [-0.4, -0.2) is 36.3 Å². The molecule has 2 rings (SSSR count). The molecule has 6 nitrogen and oxygen atoms in total. The van der Waals surface area contributed by atoms with Crippen molar-refractivity contribution in [2.75, 3.05) is 21.1 Å². The van der Waals surface area contributed by atoms with E-state index in [9.17, 15) is 0 Å². The number of aryl methyl sites for hydroxylation is 1. The van der Waals surface area contributed by atoms with Crippen molar-refractivity contribution < 1.29 is 4.52 Å². The van der Waals surface area contributed by atoms with Crippen LogP contribution in [-0.2, 0) is 0 Å². The average molecular weight is 237 g/mol. The summed E-state index contributed by atoms with van der Waals surface area (Å²) in [4.78, 5) is 7.96. The fourth-order valence-electron chi connectivity index (χ4n) is 0.909. The van der Waals surface area contributed by atoms with Crippen LogP contribution >= 0.6 is 0 Å². The van der Waals surface area contributed by atoms with Gasteiger partial charge in [-0.05, 0) is 40.2 Å². The molecule has 17 heavy (non-hydrogen) atoms. The molecule has 0 unspecified atom stereocenters. The van der Waals surface area contributed by atoms with Crippen LogP contribution in [0, 0.1) is 6.92 Å². The van der Waals surface area contributed by atoms with Crippen LogP contribution in [0.1, 0.15) is 5.82 Å². The quantitative estimate of drug-likeness (QED) is 0.764. The molecule has 2 heterocycles. The minimum absolute atomic E-state index is 0.537. The maximum absolute atomic E-state index is 4.96. The number of rotatable bonds is 1. The predicted molar refractivity (Wildman–Crippen MR) is 67.4 cm³/mol. The first-order valence-corrected chi connectivity index (χ1v) is 5.15. The zero-order chi connectivity index (χ0) is 13.1. The Kier molecular flexibility index (Phi) is 8.44. The molecular formula is C11H19N5O. The van der Waals surface area contributed by atoms with Crippen LogP contribution < -0.4 is 11.1 Å². The highest BCUT2D eigenvalue weighted by Crippen LogP contribution is 2.14. The van der Waals surface area contributed by atoms with Crippen LogP contribution in [0.3, 0.4) is 0 Å². The molecule has 0 aliphatic heterocycles. The average Bonchev–Trinajstić information content (AvgIpc) is 2.81. The van der Waals surface area contributed by atoms with Crippen molar-refractivity contribution in [1.29, 1.82) is 0 Å². The molecule has 6 heteroatoms. The van der Waals surface area contributed by atoms with Gasteiger partial charge in [-0.3, -0.25) is 4.98 Å². The van der Waals surface area contributed by atoms with Crippen molar-refractivity contribution >= 4 is 0 Å². The highest BCUT2D eigenvalue weighted by molar-refractivity contribution is 5.50. The van der Waals surface area contributed by atoms with Gasteiger partial charge in [0.1, 0.15) is 0 Å². The number of hydrogen-bond donors (Lipinski definition) is 2. The van der Waals surface area contributed by atoms with Crippen LogP contribution in [0.2, 0.25) is 0 Å². The van der Waals surface area contributed by atoms with Crippen LogP contribution in [0.5, 0.6) is 0 Å². The van der Waals surface area contributed by atoms with Gasteiger partial charge in [-0.1, -0.05) is 5.16 Å². The second kappa shape index (κ2) is 9.44. The topological polar surface area (TPSA) is 89.9 Å². The first-order valence-electron chi connectivity index (χ1n) is 5.15. The van der Waals surface area contributed by atoms with Gasteiger partial charge in [-0.2, -0.15) is 4.98 Å². The Bertz CT molecular complexity index is 388. The fourth-order valence-corrected chi connectivity index (χ4v) is 0.909. The maximum Gasteiger partial charge on any atom is 0.258 e. The summed E-state index contributed by atoms with van der Waals surface area (Å²) >= 11 is 0. The molecular weight excluding hydrogens is 218 g/mol. The molecule has 0 saturated heterocycles. The Morgan fingerprint density at radius 1 is 1.18 bits per heavy atom. The molecule has 2 aromatic rings. The zero-order valence-corrected chi connectivity index (χ0v) is 10.6. The predicted octanol–water partition coefficient (Wildman–Crippen LogP) is 0.851. The van der Waals surface area contributed by atoms with Crippen molar-refractivity contribution in [3.8, 4) is 11.5 Å². The molecule has 0 saturated carbocycles. The van der Waals surface area contributed by atoms with E-state index in [2.05, 4.69) is 26.2 Å². The third-order valence-electron chi connectivity index (χ3n) is 1.45. The summed E-state index contributed by atoms with van der Waals surface area (Å²) in [5, 5.41) is 6.44. The lowest BCUT2D eigenvalue weighted by atomic mass is 10.3. The molecule has 0 amide bonds. The zero-order valence-electron chi connectivity index (χ0n) is 10.6. The molecule has 3 N–H and O–H groups in total. The van der Waals surface area contributed by atoms with Gasteiger partial charge in [0.25, 0.3) is 5.89 Å². The number of nitrogens with zero attached hydrogens (tertiary/aromatic N) is 3. The van der Waals surface area contributed by atoms with Gasteiger partial charge in [0.15, 0.2) is 5.82 Å². The van der Waals surface area contributed by atoms with Crippen molar-refractivity contribution in [3.63, 3.8) is 0 Å². The van der Waals surface area contributed by atoms with E-state index >= 15 is 0 Å². The second-order valence-corrected chi connectivity index (χ2v) is 2.88. The summed E-state index contributed by atoms with van der Waals surface area (Å²) in [6.07, 6.45) is 3.38. The largest absolute Gasteiger partial charge is 0.334 e. The highest BCUT2D eigenvalue weighted by Gasteiger charge is 2.03. The molecule has 0 atom stereocenters. The van der Waals surface area contributed by atoms with Gasteiger partial charge in [0.2, 0.25) is 0 Å². The monoisotopic (exact) mass is 237 g/mol. The lowest BCUT2D eigenvalue weighted by molar-refractivity contribution is 0.425. The van der Waals surface area contributed by atoms with E-state index in [0.29, 0.717) is 11.7 Å². The van der Waals surface area contributed by atoms with E-state index < -0.39 is 0 Å². The molecule has 0 spiro atoms. The van der Waals surface area contributed by atoms with E-state index in [-0.39, 0.29) is 0 Å². The molecule has 2 aromatic heterocycles. The smallest absolute Gasteiger partial charge is 0.258 e. The van der Waals surface area contributed by atoms with E-state index in [0.717, 1.165) is 5.56 Å². The maximum atomic E-state index is 4.96. The summed E-state index contributed by atoms with van der Waals surface area (Å²) in [5.41, 5.74) is 5.39. The minimum Gasteiger partial charge on any atom is -0.334 e. The Morgan fingerprint density at radius 2 is 1.71 bits per heavy atom. The number of hydrogen-bond acceptors (Lipinski definition) is 6. The Morgan fingerprint density at radius 3 is 2.12 bits per heavy atom.